The summed E-state index contributed by atoms with van der Waals surface area (Å²) in [5.41, 5.74) is 7.97. The fraction of sp³-hybridized carbons (Fsp3) is 0.208. The van der Waals surface area contributed by atoms with Crippen molar-refractivity contribution in [3.8, 4) is 67.5 Å². The summed E-state index contributed by atoms with van der Waals surface area (Å²) in [4.78, 5) is 9.76. The molecule has 2 aromatic heterocycles. The minimum atomic E-state index is -2.96. The van der Waals surface area contributed by atoms with E-state index < -0.39 is 65.8 Å². The third-order valence-electron chi connectivity index (χ3n) is 10.2. The van der Waals surface area contributed by atoms with Gasteiger partial charge in [-0.15, -0.1) is 29.3 Å². The number of rotatable bonds is 8. The number of fused-ring (bicyclic) bond motifs is 1. The van der Waals surface area contributed by atoms with Crippen molar-refractivity contribution in [2.75, 3.05) is 0 Å². The first-order valence-electron chi connectivity index (χ1n) is 24.2. The number of phenols is 1. The first kappa shape index (κ1) is 29.6. The maximum absolute atomic E-state index is 11.7. The number of phenolic OH excluding ortho intramolecular Hbond substituents is 1. The van der Waals surface area contributed by atoms with Crippen LogP contribution >= 0.6 is 0 Å². The van der Waals surface area contributed by atoms with Crippen molar-refractivity contribution in [1.82, 2.24) is 14.5 Å². The molecule has 0 radical (unpaired) electrons. The molecule has 8 rings (SSSR count). The zero-order chi connectivity index (χ0) is 48.6. The largest absolute Gasteiger partial charge is 0.507 e. The predicted octanol–water partition coefficient (Wildman–Crippen LogP) is 13.7. The van der Waals surface area contributed by atoms with Crippen LogP contribution in [0.1, 0.15) is 76.1 Å². The third kappa shape index (κ3) is 8.09. The summed E-state index contributed by atoms with van der Waals surface area (Å²) >= 11 is 0. The molecule has 0 amide bonds. The Bertz CT molecular complexity index is 3260. The maximum atomic E-state index is 11.7. The molecule has 0 aliphatic rings. The number of pyridine rings is 1. The second kappa shape index (κ2) is 16.4. The van der Waals surface area contributed by atoms with E-state index in [1.165, 1.54) is 0 Å². The van der Waals surface area contributed by atoms with Gasteiger partial charge in [0, 0.05) is 42.7 Å². The van der Waals surface area contributed by atoms with Crippen LogP contribution in [0.25, 0.3) is 72.7 Å². The molecule has 0 spiro atoms. The van der Waals surface area contributed by atoms with Crippen LogP contribution in [0.4, 0.5) is 0 Å². The average Bonchev–Trinajstić information content (AvgIpc) is 3.65. The fourth-order valence-electron chi connectivity index (χ4n) is 7.40. The van der Waals surface area contributed by atoms with Gasteiger partial charge in [-0.05, 0) is 108 Å². The molecule has 5 heteroatoms. The average molecular weight is 950 g/mol. The molecule has 0 aliphatic carbocycles. The Kier molecular flexibility index (Phi) is 8.35. The van der Waals surface area contributed by atoms with Gasteiger partial charge in [0.15, 0.2) is 0 Å². The van der Waals surface area contributed by atoms with Crippen molar-refractivity contribution >= 4 is 11.0 Å². The molecular weight excluding hydrogens is 890 g/mol. The van der Waals surface area contributed by atoms with Crippen LogP contribution in [0.3, 0.4) is 0 Å². The number of benzene rings is 6. The van der Waals surface area contributed by atoms with Crippen LogP contribution < -0.4 is 0 Å². The molecule has 1 N–H and O–H groups in total. The molecule has 6 aromatic carbocycles. The molecule has 0 unspecified atom stereocenters. The van der Waals surface area contributed by atoms with Crippen LogP contribution in [-0.4, -0.2) is 19.6 Å². The monoisotopic (exact) mass is 949 g/mol. The molecule has 58 heavy (non-hydrogen) atoms. The Morgan fingerprint density at radius 3 is 2.26 bits per heavy atom. The van der Waals surface area contributed by atoms with Crippen molar-refractivity contribution < 1.29 is 39.9 Å². The number of nitrogens with zero attached hydrogens (tertiary/aromatic N) is 3. The second-order valence-corrected chi connectivity index (χ2v) is 16.1. The van der Waals surface area contributed by atoms with Crippen LogP contribution in [0, 0.1) is 32.7 Å². The number of aromatic nitrogens is 3. The molecule has 0 fully saturated rings. The van der Waals surface area contributed by atoms with E-state index in [1.807, 2.05) is 89.2 Å². The molecule has 8 aromatic rings. The number of para-hydroxylation sites is 1. The van der Waals surface area contributed by atoms with Gasteiger partial charge in [-0.2, -0.15) is 0 Å². The number of aryl methyl sites for hydroxylation is 2. The third-order valence-corrected chi connectivity index (χ3v) is 10.2. The van der Waals surface area contributed by atoms with Crippen LogP contribution in [0.5, 0.6) is 5.75 Å². The standard InChI is InChI=1S/C53H50N3O.Pt/c1-33(2)25-40-31-44(21-22-45(40)38-13-10-9-11-14-38)56-49-16-12-15-46(50(49)55-52(56)47-27-35(4)26-36(5)51(47)57)41-28-42(30-43(29-41)53(6,7)8)48-32-39(23-24-54-48)37-19-17-34(3)18-20-37;/h9-24,26-27,29-33,57H,25H2,1-8H3;/q-1;/i3D3,17D,18D,19D,20D,23D,24D,32D;. The van der Waals surface area contributed by atoms with Gasteiger partial charge in [0.25, 0.3) is 0 Å². The van der Waals surface area contributed by atoms with Crippen molar-refractivity contribution in [1.29, 1.82) is 0 Å². The van der Waals surface area contributed by atoms with Crippen molar-refractivity contribution in [2.45, 2.75) is 67.2 Å². The van der Waals surface area contributed by atoms with Gasteiger partial charge in [0.05, 0.1) is 26.2 Å². The summed E-state index contributed by atoms with van der Waals surface area (Å²) in [6, 6.07) is 29.5. The topological polar surface area (TPSA) is 50.9 Å². The summed E-state index contributed by atoms with van der Waals surface area (Å²) in [5.74, 6) is 0.996. The number of hydrogen-bond donors (Lipinski definition) is 1. The van der Waals surface area contributed by atoms with Crippen molar-refractivity contribution in [2.24, 2.45) is 5.92 Å². The summed E-state index contributed by atoms with van der Waals surface area (Å²) in [6.07, 6.45) is 0.239. The number of hydrogen-bond acceptors (Lipinski definition) is 3. The Balaban J connectivity index is 0.00000684. The maximum Gasteiger partial charge on any atom is 0.148 e. The number of aromatic hydroxyl groups is 1. The molecule has 294 valence electrons. The van der Waals surface area contributed by atoms with E-state index in [0.717, 1.165) is 45.4 Å². The second-order valence-electron chi connectivity index (χ2n) is 16.1. The Morgan fingerprint density at radius 1 is 0.776 bits per heavy atom. The van der Waals surface area contributed by atoms with Crippen LogP contribution in [0.2, 0.25) is 0 Å². The SMILES string of the molecule is [2H]c1nc(-c2[c-]c(-c3cccc4c3nc(-c3cc(C)cc(C)c3O)n4-c3ccc(-c4ccccc4)c(CC(C)C)c3)cc(C(C)(C)C)c2)c([2H])c(-c2c([2H])c([2H])c(C([2H])([2H])[2H])c([2H])c2[2H])c1[2H].[Pt]. The first-order chi connectivity index (χ1) is 31.5. The first-order valence-corrected chi connectivity index (χ1v) is 19.2. The van der Waals surface area contributed by atoms with E-state index in [0.29, 0.717) is 39.5 Å². The molecule has 0 saturated carbocycles. The van der Waals surface area contributed by atoms with Gasteiger partial charge in [-0.3, -0.25) is 9.55 Å². The zero-order valence-electron chi connectivity index (χ0n) is 43.5. The van der Waals surface area contributed by atoms with Gasteiger partial charge >= 0.3 is 0 Å². The Labute approximate surface area is 372 Å². The minimum Gasteiger partial charge on any atom is -0.507 e. The zero-order valence-corrected chi connectivity index (χ0v) is 35.8. The summed E-state index contributed by atoms with van der Waals surface area (Å²) < 4.78 is 87.6. The van der Waals surface area contributed by atoms with E-state index in [4.69, 9.17) is 17.3 Å². The molecule has 4 nitrogen and oxygen atoms in total. The molecule has 0 bridgehead atoms. The summed E-state index contributed by atoms with van der Waals surface area (Å²) in [7, 11) is 0. The predicted molar refractivity (Wildman–Crippen MR) is 238 cm³/mol. The van der Waals surface area contributed by atoms with Crippen molar-refractivity contribution in [3.63, 3.8) is 0 Å². The van der Waals surface area contributed by atoms with Crippen LogP contribution in [-0.2, 0) is 32.9 Å². The van der Waals surface area contributed by atoms with E-state index >= 15 is 0 Å². The van der Waals surface area contributed by atoms with E-state index in [2.05, 4.69) is 59.8 Å². The van der Waals surface area contributed by atoms with Crippen LogP contribution in [0.15, 0.2) is 133 Å². The van der Waals surface area contributed by atoms with Gasteiger partial charge in [-0.25, -0.2) is 4.98 Å². The number of imidazole rings is 1. The van der Waals surface area contributed by atoms with E-state index in [-0.39, 0.29) is 43.6 Å². The quantitative estimate of drug-likeness (QED) is 0.154. The Morgan fingerprint density at radius 2 is 1.53 bits per heavy atom. The Hall–Kier alpha value is -5.57. The summed E-state index contributed by atoms with van der Waals surface area (Å²) in [6.45, 7) is 11.4. The van der Waals surface area contributed by atoms with Gasteiger partial charge in [0.1, 0.15) is 11.6 Å². The van der Waals surface area contributed by atoms with E-state index in [1.54, 1.807) is 6.07 Å². The molecule has 2 heterocycles. The molecular formula is C53H50N3OPt-. The van der Waals surface area contributed by atoms with Gasteiger partial charge in [-0.1, -0.05) is 136 Å². The summed E-state index contributed by atoms with van der Waals surface area (Å²) in [5, 5.41) is 11.7. The minimum absolute atomic E-state index is 0. The normalized spacial score (nSPS) is 14.3. The van der Waals surface area contributed by atoms with E-state index in [9.17, 15) is 6.48 Å². The van der Waals surface area contributed by atoms with Crippen molar-refractivity contribution in [3.05, 3.63) is 167 Å². The fourth-order valence-corrected chi connectivity index (χ4v) is 7.40. The molecule has 0 saturated heterocycles. The van der Waals surface area contributed by atoms with Gasteiger partial charge < -0.3 is 5.11 Å². The smallest absolute Gasteiger partial charge is 0.148 e. The molecule has 0 aliphatic heterocycles. The molecule has 0 atom stereocenters. The van der Waals surface area contributed by atoms with Gasteiger partial charge in [0.2, 0.25) is 0 Å².